The third kappa shape index (κ3) is 30.0. The third-order valence-corrected chi connectivity index (χ3v) is 3.12. The van der Waals surface area contributed by atoms with Gasteiger partial charge in [0.15, 0.2) is 0 Å². The number of benzene rings is 2. The first-order chi connectivity index (χ1) is 13.3. The summed E-state index contributed by atoms with van der Waals surface area (Å²) in [6, 6.07) is 23.1. The van der Waals surface area contributed by atoms with Crippen LogP contribution in [0.2, 0.25) is 0 Å². The maximum atomic E-state index is 8.52. The molecule has 2 rings (SSSR count). The molecule has 0 spiro atoms. The Hall–Kier alpha value is -0.987. The molecule has 158 valence electrons. The summed E-state index contributed by atoms with van der Waals surface area (Å²) in [4.78, 5) is 0. The quantitative estimate of drug-likeness (QED) is 0.433. The van der Waals surface area contributed by atoms with E-state index in [4.69, 9.17) is 12.8 Å². The Morgan fingerprint density at radius 2 is 1.19 bits per heavy atom. The zero-order chi connectivity index (χ0) is 21.0. The Bertz CT molecular complexity index is 421. The van der Waals surface area contributed by atoms with Crippen LogP contribution in [0.4, 0.5) is 0 Å². The molecule has 0 aromatic heterocycles. The molecule has 0 aliphatic carbocycles. The monoisotopic (exact) mass is 460 g/mol. The second-order valence-electron chi connectivity index (χ2n) is 5.19. The average Bonchev–Trinajstić information content (AvgIpc) is 2.79. The zero-order valence-electron chi connectivity index (χ0n) is 15.9. The molecular weight excluding hydrogens is 430 g/mol. The van der Waals surface area contributed by atoms with Gasteiger partial charge in [-0.15, -0.1) is 5.56 Å². The van der Waals surface area contributed by atoms with Gasteiger partial charge in [0.2, 0.25) is 0 Å². The van der Waals surface area contributed by atoms with E-state index in [0.29, 0.717) is 0 Å². The largest absolute Gasteiger partial charge is 0.319 e. The Balaban J connectivity index is -0.000000295. The SMILES string of the molecule is OCc1cc[c-]cc1.[CH2-]CCCCCCCC.[O]=[Co].[O]=[Co].[c-]1cc[c-]cc1. The summed E-state index contributed by atoms with van der Waals surface area (Å²) < 4.78 is 15.9. The van der Waals surface area contributed by atoms with Gasteiger partial charge in [-0.1, -0.05) is 45.4 Å². The van der Waals surface area contributed by atoms with Crippen molar-refractivity contribution in [3.05, 3.63) is 79.2 Å². The van der Waals surface area contributed by atoms with Crippen molar-refractivity contribution < 1.29 is 44.2 Å². The maximum Gasteiger partial charge on any atom is -0.288 e. The van der Waals surface area contributed by atoms with Crippen LogP contribution >= 0.6 is 0 Å². The summed E-state index contributed by atoms with van der Waals surface area (Å²) in [6.45, 7) is 6.17. The van der Waals surface area contributed by atoms with Crippen LogP contribution in [-0.2, 0) is 45.7 Å². The van der Waals surface area contributed by atoms with Gasteiger partial charge in [-0.2, -0.15) is 36.8 Å². The van der Waals surface area contributed by atoms with E-state index in [0.717, 1.165) is 12.0 Å². The van der Waals surface area contributed by atoms with Gasteiger partial charge in [0.05, 0.1) is 0 Å². The summed E-state index contributed by atoms with van der Waals surface area (Å²) in [5.41, 5.74) is 0.934. The van der Waals surface area contributed by atoms with E-state index in [-0.39, 0.29) is 6.61 Å². The molecule has 0 atom stereocenters. The van der Waals surface area contributed by atoms with Crippen molar-refractivity contribution in [2.75, 3.05) is 0 Å². The van der Waals surface area contributed by atoms with Crippen LogP contribution in [0.3, 0.4) is 0 Å². The van der Waals surface area contributed by atoms with E-state index < -0.39 is 0 Å². The molecule has 3 nitrogen and oxygen atoms in total. The van der Waals surface area contributed by atoms with Gasteiger partial charge < -0.3 is 24.2 Å². The summed E-state index contributed by atoms with van der Waals surface area (Å²) in [5.74, 6) is 0. The number of hydrogen-bond donors (Lipinski definition) is 1. The van der Waals surface area contributed by atoms with Crippen LogP contribution in [0.25, 0.3) is 0 Å². The van der Waals surface area contributed by atoms with E-state index in [1.807, 2.05) is 36.4 Å². The number of hydrogen-bond acceptors (Lipinski definition) is 3. The minimum Gasteiger partial charge on any atom is -0.319 e. The first kappa shape index (κ1) is 30.7. The fourth-order valence-corrected chi connectivity index (χ4v) is 1.79. The minimum atomic E-state index is 0.120. The number of aliphatic hydroxyl groups excluding tert-OH is 1. The molecule has 0 aliphatic rings. The average molecular weight is 460 g/mol. The van der Waals surface area contributed by atoms with Crippen molar-refractivity contribution in [1.29, 1.82) is 0 Å². The van der Waals surface area contributed by atoms with Gasteiger partial charge in [-0.05, 0) is 0 Å². The smallest absolute Gasteiger partial charge is 0.288 e. The van der Waals surface area contributed by atoms with Gasteiger partial charge in [0.1, 0.15) is 0 Å². The van der Waals surface area contributed by atoms with E-state index in [9.17, 15) is 0 Å². The van der Waals surface area contributed by atoms with E-state index in [1.54, 1.807) is 12.1 Å². The molecule has 0 aliphatic heterocycles. The number of unbranched alkanes of at least 4 members (excludes halogenated alkanes) is 6. The minimum absolute atomic E-state index is 0.120. The van der Waals surface area contributed by atoms with Crippen molar-refractivity contribution in [3.63, 3.8) is 0 Å². The number of aliphatic hydroxyl groups is 1. The maximum absolute atomic E-state index is 8.52. The molecule has 0 saturated carbocycles. The standard InChI is InChI=1S/C9H19.C7H7O.C6H4.2Co.2O/c1-3-5-7-9-8-6-4-2;8-6-7-4-2-1-3-5-7;1-2-4-6-5-3-1;;;;/h1,3-9H2,2H3;2-5,8H,6H2;1-2,5-6H;;;;/q2*-1;-2;;;;. The van der Waals surface area contributed by atoms with Crippen LogP contribution in [0, 0.1) is 25.1 Å². The molecule has 0 fully saturated rings. The Labute approximate surface area is 181 Å². The molecule has 0 bridgehead atoms. The van der Waals surface area contributed by atoms with E-state index >= 15 is 0 Å². The topological polar surface area (TPSA) is 54.4 Å². The van der Waals surface area contributed by atoms with Crippen LogP contribution in [0.5, 0.6) is 0 Å². The van der Waals surface area contributed by atoms with Crippen LogP contribution < -0.4 is 0 Å². The predicted molar refractivity (Wildman–Crippen MR) is 100 cm³/mol. The molecular formula is C22H30Co2O3-4. The normalized spacial score (nSPS) is 8.19. The molecule has 0 radical (unpaired) electrons. The second-order valence-corrected chi connectivity index (χ2v) is 5.19. The van der Waals surface area contributed by atoms with Gasteiger partial charge in [0.25, 0.3) is 0 Å². The van der Waals surface area contributed by atoms with Crippen molar-refractivity contribution in [1.82, 2.24) is 0 Å². The fraction of sp³-hybridized carbons (Fsp3) is 0.409. The Morgan fingerprint density at radius 3 is 1.52 bits per heavy atom. The zero-order valence-corrected chi connectivity index (χ0v) is 18.0. The van der Waals surface area contributed by atoms with Crippen LogP contribution in [-0.4, -0.2) is 5.11 Å². The van der Waals surface area contributed by atoms with Crippen LogP contribution in [0.15, 0.2) is 48.5 Å². The molecule has 0 unspecified atom stereocenters. The van der Waals surface area contributed by atoms with E-state index in [1.165, 1.54) is 38.5 Å². The second kappa shape index (κ2) is 32.7. The van der Waals surface area contributed by atoms with Gasteiger partial charge >= 0.3 is 39.1 Å². The first-order valence-corrected chi connectivity index (χ1v) is 9.64. The summed E-state index contributed by atoms with van der Waals surface area (Å²) >= 11 is 4.62. The van der Waals surface area contributed by atoms with Crippen molar-refractivity contribution >= 4 is 0 Å². The molecule has 0 saturated heterocycles. The fourth-order valence-electron chi connectivity index (χ4n) is 1.79. The Morgan fingerprint density at radius 1 is 0.778 bits per heavy atom. The van der Waals surface area contributed by atoms with Crippen molar-refractivity contribution in [2.24, 2.45) is 0 Å². The van der Waals surface area contributed by atoms with Gasteiger partial charge in [0, 0.05) is 6.61 Å². The molecule has 2 aromatic carbocycles. The molecule has 1 N–H and O–H groups in total. The third-order valence-electron chi connectivity index (χ3n) is 3.12. The van der Waals surface area contributed by atoms with Crippen molar-refractivity contribution in [2.45, 2.75) is 58.5 Å². The number of rotatable bonds is 7. The van der Waals surface area contributed by atoms with Crippen molar-refractivity contribution in [3.8, 4) is 0 Å². The van der Waals surface area contributed by atoms with E-state index in [2.05, 4.69) is 63.4 Å². The molecule has 0 heterocycles. The predicted octanol–water partition coefficient (Wildman–Crippen LogP) is 5.59. The molecule has 27 heavy (non-hydrogen) atoms. The summed E-state index contributed by atoms with van der Waals surface area (Å²) in [5, 5.41) is 8.52. The van der Waals surface area contributed by atoms with Crippen LogP contribution in [0.1, 0.15) is 57.4 Å². The summed E-state index contributed by atoms with van der Waals surface area (Å²) in [7, 11) is 0. The first-order valence-electron chi connectivity index (χ1n) is 8.79. The molecule has 5 heteroatoms. The van der Waals surface area contributed by atoms with Gasteiger partial charge in [-0.3, -0.25) is 24.3 Å². The summed E-state index contributed by atoms with van der Waals surface area (Å²) in [6.07, 6.45) is 9.45. The van der Waals surface area contributed by atoms with Gasteiger partial charge in [-0.25, -0.2) is 0 Å². The molecule has 2 aromatic rings. The Kier molecular flexibility index (Phi) is 37.2. The molecule has 0 amide bonds.